The summed E-state index contributed by atoms with van der Waals surface area (Å²) in [5.74, 6) is 0.612. The van der Waals surface area contributed by atoms with Gasteiger partial charge in [0.2, 0.25) is 5.95 Å². The van der Waals surface area contributed by atoms with E-state index >= 15 is 0 Å². The van der Waals surface area contributed by atoms with Crippen LogP contribution in [0.5, 0.6) is 0 Å². The molecule has 0 spiro atoms. The minimum Gasteiger partial charge on any atom is -0.350 e. The molecule has 0 saturated heterocycles. The zero-order valence-electron chi connectivity index (χ0n) is 9.73. The van der Waals surface area contributed by atoms with Crippen molar-refractivity contribution in [2.45, 2.75) is 6.54 Å². The first kappa shape index (κ1) is 12.7. The first-order chi connectivity index (χ1) is 9.22. The zero-order chi connectivity index (χ0) is 13.2. The average Bonchev–Trinajstić information content (AvgIpc) is 2.87. The molecule has 19 heavy (non-hydrogen) atoms. The van der Waals surface area contributed by atoms with E-state index in [1.807, 2.05) is 29.8 Å². The zero-order valence-corrected chi connectivity index (χ0v) is 12.1. The number of fused-ring (bicyclic) bond motifs is 1. The summed E-state index contributed by atoms with van der Waals surface area (Å²) in [7, 11) is 0. The number of nitrogens with zero attached hydrogens (tertiary/aromatic N) is 2. The summed E-state index contributed by atoms with van der Waals surface area (Å²) >= 11 is 13.4. The molecule has 3 nitrogen and oxygen atoms in total. The second-order valence-electron chi connectivity index (χ2n) is 3.98. The fourth-order valence-corrected chi connectivity index (χ4v) is 2.73. The number of halogens is 2. The summed E-state index contributed by atoms with van der Waals surface area (Å²) in [6.07, 6.45) is 1.82. The molecule has 96 valence electrons. The van der Waals surface area contributed by atoms with Gasteiger partial charge >= 0.3 is 0 Å². The molecule has 0 amide bonds. The van der Waals surface area contributed by atoms with E-state index < -0.39 is 0 Å². The van der Waals surface area contributed by atoms with Crippen molar-refractivity contribution in [1.29, 1.82) is 0 Å². The van der Waals surface area contributed by atoms with E-state index in [2.05, 4.69) is 15.3 Å². The Balaban J connectivity index is 1.75. The van der Waals surface area contributed by atoms with Crippen LogP contribution in [0.3, 0.4) is 0 Å². The fraction of sp³-hybridized carbons (Fsp3) is 0.0769. The van der Waals surface area contributed by atoms with Crippen molar-refractivity contribution in [3.05, 3.63) is 51.5 Å². The molecule has 0 aliphatic carbocycles. The Morgan fingerprint density at radius 1 is 1.16 bits per heavy atom. The van der Waals surface area contributed by atoms with Gasteiger partial charge in [-0.15, -0.1) is 11.3 Å². The molecule has 2 heterocycles. The highest BCUT2D eigenvalue weighted by Gasteiger charge is 2.02. The van der Waals surface area contributed by atoms with Crippen molar-refractivity contribution < 1.29 is 0 Å². The first-order valence-corrected chi connectivity index (χ1v) is 7.24. The van der Waals surface area contributed by atoms with Crippen LogP contribution in [-0.2, 0) is 6.54 Å². The lowest BCUT2D eigenvalue weighted by atomic mass is 10.2. The Labute approximate surface area is 124 Å². The molecule has 0 bridgehead atoms. The van der Waals surface area contributed by atoms with Gasteiger partial charge in [0.1, 0.15) is 4.83 Å². The Morgan fingerprint density at radius 2 is 2.05 bits per heavy atom. The molecule has 0 fully saturated rings. The second kappa shape index (κ2) is 5.33. The number of nitrogens with one attached hydrogen (secondary N) is 1. The molecule has 1 aromatic carbocycles. The van der Waals surface area contributed by atoms with Crippen LogP contribution >= 0.6 is 34.5 Å². The minimum atomic E-state index is 0.551. The Morgan fingerprint density at radius 3 is 2.89 bits per heavy atom. The van der Waals surface area contributed by atoms with Crippen molar-refractivity contribution >= 4 is 50.7 Å². The molecule has 0 radical (unpaired) electrons. The number of thiophene rings is 1. The van der Waals surface area contributed by atoms with Gasteiger partial charge in [-0.1, -0.05) is 29.3 Å². The molecule has 0 aliphatic heterocycles. The van der Waals surface area contributed by atoms with Crippen LogP contribution in [0.1, 0.15) is 5.56 Å². The number of aromatic nitrogens is 2. The van der Waals surface area contributed by atoms with Crippen LogP contribution in [0.2, 0.25) is 10.0 Å². The molecule has 2 aromatic heterocycles. The molecule has 1 N–H and O–H groups in total. The minimum absolute atomic E-state index is 0.551. The standard InChI is InChI=1S/C13H9Cl2N3S/c14-10-2-1-8(5-11(10)15)6-16-13-17-7-9-3-4-19-12(9)18-13/h1-5,7H,6H2,(H,16,17,18). The van der Waals surface area contributed by atoms with Gasteiger partial charge in [-0.25, -0.2) is 9.97 Å². The van der Waals surface area contributed by atoms with Gasteiger partial charge in [-0.05, 0) is 29.1 Å². The molecule has 0 aliphatic rings. The van der Waals surface area contributed by atoms with E-state index in [-0.39, 0.29) is 0 Å². The Bertz CT molecular complexity index is 727. The van der Waals surface area contributed by atoms with Crippen molar-refractivity contribution in [3.8, 4) is 0 Å². The van der Waals surface area contributed by atoms with Crippen LogP contribution < -0.4 is 5.32 Å². The van der Waals surface area contributed by atoms with Crippen molar-refractivity contribution in [1.82, 2.24) is 9.97 Å². The van der Waals surface area contributed by atoms with E-state index in [0.717, 1.165) is 15.8 Å². The highest BCUT2D eigenvalue weighted by atomic mass is 35.5. The molecule has 6 heteroatoms. The van der Waals surface area contributed by atoms with Crippen LogP contribution in [0.25, 0.3) is 10.2 Å². The number of benzene rings is 1. The first-order valence-electron chi connectivity index (χ1n) is 5.60. The monoisotopic (exact) mass is 309 g/mol. The van der Waals surface area contributed by atoms with Crippen LogP contribution in [-0.4, -0.2) is 9.97 Å². The van der Waals surface area contributed by atoms with Gasteiger partial charge < -0.3 is 5.32 Å². The fourth-order valence-electron chi connectivity index (χ4n) is 1.67. The summed E-state index contributed by atoms with van der Waals surface area (Å²) in [6, 6.07) is 7.54. The predicted octanol–water partition coefficient (Wildman–Crippen LogP) is 4.61. The third-order valence-electron chi connectivity index (χ3n) is 2.64. The average molecular weight is 310 g/mol. The summed E-state index contributed by atoms with van der Waals surface area (Å²) in [4.78, 5) is 9.67. The highest BCUT2D eigenvalue weighted by molar-refractivity contribution is 7.16. The lowest BCUT2D eigenvalue weighted by Crippen LogP contribution is -2.03. The molecule has 3 rings (SSSR count). The summed E-state index contributed by atoms with van der Waals surface area (Å²) in [5, 5.41) is 7.34. The maximum absolute atomic E-state index is 5.97. The van der Waals surface area contributed by atoms with E-state index in [1.54, 1.807) is 17.4 Å². The Hall–Kier alpha value is -1.36. The number of hydrogen-bond donors (Lipinski definition) is 1. The van der Waals surface area contributed by atoms with Gasteiger partial charge in [0.15, 0.2) is 0 Å². The third kappa shape index (κ3) is 2.81. The van der Waals surface area contributed by atoms with Crippen molar-refractivity contribution in [2.24, 2.45) is 0 Å². The topological polar surface area (TPSA) is 37.8 Å². The Kier molecular flexibility index (Phi) is 3.55. The van der Waals surface area contributed by atoms with E-state index in [1.165, 1.54) is 0 Å². The molecule has 0 atom stereocenters. The quantitative estimate of drug-likeness (QED) is 0.767. The third-order valence-corrected chi connectivity index (χ3v) is 4.20. The van der Waals surface area contributed by atoms with E-state index in [4.69, 9.17) is 23.2 Å². The van der Waals surface area contributed by atoms with Gasteiger partial charge in [-0.2, -0.15) is 0 Å². The second-order valence-corrected chi connectivity index (χ2v) is 5.69. The smallest absolute Gasteiger partial charge is 0.224 e. The molecular formula is C13H9Cl2N3S. The van der Waals surface area contributed by atoms with Crippen LogP contribution in [0, 0.1) is 0 Å². The normalized spacial score (nSPS) is 10.8. The predicted molar refractivity (Wildman–Crippen MR) is 81.2 cm³/mol. The summed E-state index contributed by atoms with van der Waals surface area (Å²) in [6.45, 7) is 0.605. The number of rotatable bonds is 3. The van der Waals surface area contributed by atoms with Crippen molar-refractivity contribution in [2.75, 3.05) is 5.32 Å². The lowest BCUT2D eigenvalue weighted by Gasteiger charge is -2.05. The largest absolute Gasteiger partial charge is 0.350 e. The highest BCUT2D eigenvalue weighted by Crippen LogP contribution is 2.23. The molecule has 0 saturated carbocycles. The van der Waals surface area contributed by atoms with E-state index in [0.29, 0.717) is 22.5 Å². The van der Waals surface area contributed by atoms with Crippen LogP contribution in [0.4, 0.5) is 5.95 Å². The molecular weight excluding hydrogens is 301 g/mol. The van der Waals surface area contributed by atoms with Gasteiger partial charge in [0.05, 0.1) is 10.0 Å². The van der Waals surface area contributed by atoms with Crippen molar-refractivity contribution in [3.63, 3.8) is 0 Å². The number of hydrogen-bond acceptors (Lipinski definition) is 4. The van der Waals surface area contributed by atoms with Gasteiger partial charge in [0.25, 0.3) is 0 Å². The van der Waals surface area contributed by atoms with E-state index in [9.17, 15) is 0 Å². The van der Waals surface area contributed by atoms with Crippen LogP contribution in [0.15, 0.2) is 35.8 Å². The maximum Gasteiger partial charge on any atom is 0.224 e. The summed E-state index contributed by atoms with van der Waals surface area (Å²) in [5.41, 5.74) is 1.03. The lowest BCUT2D eigenvalue weighted by molar-refractivity contribution is 1.07. The maximum atomic E-state index is 5.97. The summed E-state index contributed by atoms with van der Waals surface area (Å²) < 4.78 is 0. The number of anilines is 1. The SMILES string of the molecule is Clc1ccc(CNc2ncc3ccsc3n2)cc1Cl. The van der Waals surface area contributed by atoms with Gasteiger partial charge in [0, 0.05) is 18.1 Å². The molecule has 0 unspecified atom stereocenters. The molecule has 3 aromatic rings. The van der Waals surface area contributed by atoms with Gasteiger partial charge in [-0.3, -0.25) is 0 Å².